The summed E-state index contributed by atoms with van der Waals surface area (Å²) in [4.78, 5) is 4.48. The van der Waals surface area contributed by atoms with Crippen molar-refractivity contribution >= 4 is 15.9 Å². The van der Waals surface area contributed by atoms with Gasteiger partial charge in [-0.2, -0.15) is 4.98 Å². The maximum absolute atomic E-state index is 5.39. The minimum absolute atomic E-state index is 0.553. The number of benzene rings is 2. The second-order valence-corrected chi connectivity index (χ2v) is 5.67. The summed E-state index contributed by atoms with van der Waals surface area (Å²) in [6.45, 7) is 4.11. The second kappa shape index (κ2) is 5.21. The molecule has 0 aliphatic rings. The average molecular weight is 329 g/mol. The number of nitrogens with zero attached hydrogens (tertiary/aromatic N) is 2. The molecule has 1 heterocycles. The van der Waals surface area contributed by atoms with Crippen LogP contribution in [0, 0.1) is 13.8 Å². The highest BCUT2D eigenvalue weighted by molar-refractivity contribution is 9.10. The molecule has 0 N–H and O–H groups in total. The molecule has 1 aromatic heterocycles. The van der Waals surface area contributed by atoms with Crippen molar-refractivity contribution in [3.63, 3.8) is 0 Å². The quantitative estimate of drug-likeness (QED) is 0.679. The summed E-state index contributed by atoms with van der Waals surface area (Å²) in [7, 11) is 0. The summed E-state index contributed by atoms with van der Waals surface area (Å²) in [5.41, 5.74) is 4.26. The molecule has 0 aliphatic carbocycles. The zero-order valence-corrected chi connectivity index (χ0v) is 12.8. The minimum Gasteiger partial charge on any atom is -0.334 e. The van der Waals surface area contributed by atoms with Gasteiger partial charge in [0.05, 0.1) is 0 Å². The number of halogens is 1. The van der Waals surface area contributed by atoms with E-state index in [1.165, 1.54) is 5.56 Å². The molecule has 0 radical (unpaired) electrons. The first kappa shape index (κ1) is 13.1. The van der Waals surface area contributed by atoms with Gasteiger partial charge in [0.1, 0.15) is 0 Å². The van der Waals surface area contributed by atoms with Crippen molar-refractivity contribution in [2.45, 2.75) is 13.8 Å². The van der Waals surface area contributed by atoms with Gasteiger partial charge in [0.15, 0.2) is 0 Å². The molecule has 0 spiro atoms. The van der Waals surface area contributed by atoms with Crippen LogP contribution in [-0.2, 0) is 0 Å². The van der Waals surface area contributed by atoms with E-state index in [2.05, 4.69) is 39.1 Å². The molecule has 0 saturated heterocycles. The Morgan fingerprint density at radius 3 is 2.65 bits per heavy atom. The predicted octanol–water partition coefficient (Wildman–Crippen LogP) is 4.78. The molecule has 3 rings (SSSR count). The van der Waals surface area contributed by atoms with Crippen molar-refractivity contribution < 1.29 is 4.52 Å². The Morgan fingerprint density at radius 2 is 1.90 bits per heavy atom. The molecule has 4 heteroatoms. The van der Waals surface area contributed by atoms with Crippen LogP contribution in [-0.4, -0.2) is 10.1 Å². The van der Waals surface area contributed by atoms with Gasteiger partial charge in [0.25, 0.3) is 5.89 Å². The maximum Gasteiger partial charge on any atom is 0.258 e. The number of aromatic nitrogens is 2. The Balaban J connectivity index is 2.02. The van der Waals surface area contributed by atoms with Gasteiger partial charge >= 0.3 is 0 Å². The van der Waals surface area contributed by atoms with Crippen LogP contribution in [0.3, 0.4) is 0 Å². The third-order valence-corrected chi connectivity index (χ3v) is 3.61. The van der Waals surface area contributed by atoms with Crippen LogP contribution in [0.2, 0.25) is 0 Å². The number of hydrogen-bond donors (Lipinski definition) is 0. The zero-order chi connectivity index (χ0) is 14.1. The molecule has 0 bridgehead atoms. The van der Waals surface area contributed by atoms with Crippen LogP contribution in [0.25, 0.3) is 22.8 Å². The van der Waals surface area contributed by atoms with Crippen LogP contribution in [0.1, 0.15) is 11.1 Å². The molecule has 3 nitrogen and oxygen atoms in total. The van der Waals surface area contributed by atoms with E-state index in [1.54, 1.807) is 0 Å². The lowest BCUT2D eigenvalue weighted by Gasteiger charge is -2.01. The molecule has 0 fully saturated rings. The fourth-order valence-corrected chi connectivity index (χ4v) is 2.53. The molecule has 20 heavy (non-hydrogen) atoms. The Bertz CT molecular complexity index is 765. The van der Waals surface area contributed by atoms with Crippen molar-refractivity contribution in [1.29, 1.82) is 0 Å². The molecule has 0 atom stereocenters. The van der Waals surface area contributed by atoms with Gasteiger partial charge in [-0.05, 0) is 37.6 Å². The Hall–Kier alpha value is -1.94. The van der Waals surface area contributed by atoms with Gasteiger partial charge in [-0.3, -0.25) is 0 Å². The van der Waals surface area contributed by atoms with E-state index in [1.807, 2.05) is 43.3 Å². The van der Waals surface area contributed by atoms with Gasteiger partial charge in [0, 0.05) is 15.6 Å². The molecule has 100 valence electrons. The normalized spacial score (nSPS) is 10.8. The van der Waals surface area contributed by atoms with E-state index in [0.29, 0.717) is 11.7 Å². The van der Waals surface area contributed by atoms with E-state index < -0.39 is 0 Å². The Kier molecular flexibility index (Phi) is 3.40. The molecule has 0 unspecified atom stereocenters. The van der Waals surface area contributed by atoms with E-state index >= 15 is 0 Å². The number of hydrogen-bond acceptors (Lipinski definition) is 3. The molecule has 0 saturated carbocycles. The zero-order valence-electron chi connectivity index (χ0n) is 11.2. The topological polar surface area (TPSA) is 38.9 Å². The molecular formula is C16H13BrN2O. The van der Waals surface area contributed by atoms with Crippen LogP contribution in [0.15, 0.2) is 51.5 Å². The van der Waals surface area contributed by atoms with E-state index in [-0.39, 0.29) is 0 Å². The lowest BCUT2D eigenvalue weighted by molar-refractivity contribution is 0.432. The standard InChI is InChI=1S/C16H13BrN2O/c1-10-6-7-14(11(2)8-10)16-18-15(19-20-16)12-4-3-5-13(17)9-12/h3-9H,1-2H3. The van der Waals surface area contributed by atoms with Crippen LogP contribution in [0.4, 0.5) is 0 Å². The predicted molar refractivity (Wildman–Crippen MR) is 82.3 cm³/mol. The molecule has 2 aromatic carbocycles. The summed E-state index contributed by atoms with van der Waals surface area (Å²) in [5, 5.41) is 4.06. The minimum atomic E-state index is 0.553. The van der Waals surface area contributed by atoms with E-state index in [9.17, 15) is 0 Å². The van der Waals surface area contributed by atoms with Gasteiger partial charge in [-0.25, -0.2) is 0 Å². The molecule has 0 amide bonds. The number of aryl methyl sites for hydroxylation is 2. The lowest BCUT2D eigenvalue weighted by atomic mass is 10.1. The van der Waals surface area contributed by atoms with Crippen LogP contribution < -0.4 is 0 Å². The molecular weight excluding hydrogens is 316 g/mol. The van der Waals surface area contributed by atoms with Gasteiger partial charge < -0.3 is 4.52 Å². The van der Waals surface area contributed by atoms with Crippen molar-refractivity contribution in [3.8, 4) is 22.8 Å². The Morgan fingerprint density at radius 1 is 1.05 bits per heavy atom. The maximum atomic E-state index is 5.39. The van der Waals surface area contributed by atoms with Crippen molar-refractivity contribution in [2.75, 3.05) is 0 Å². The summed E-state index contributed by atoms with van der Waals surface area (Å²) >= 11 is 3.44. The fourth-order valence-electron chi connectivity index (χ4n) is 2.13. The van der Waals surface area contributed by atoms with Crippen molar-refractivity contribution in [3.05, 3.63) is 58.1 Å². The molecule has 3 aromatic rings. The Labute approximate surface area is 125 Å². The fraction of sp³-hybridized carbons (Fsp3) is 0.125. The SMILES string of the molecule is Cc1ccc(-c2nc(-c3cccc(Br)c3)no2)c(C)c1. The van der Waals surface area contributed by atoms with Gasteiger partial charge in [-0.15, -0.1) is 0 Å². The smallest absolute Gasteiger partial charge is 0.258 e. The van der Waals surface area contributed by atoms with E-state index in [0.717, 1.165) is 21.2 Å². The highest BCUT2D eigenvalue weighted by Crippen LogP contribution is 2.26. The monoisotopic (exact) mass is 328 g/mol. The first-order valence-electron chi connectivity index (χ1n) is 6.31. The third kappa shape index (κ3) is 2.51. The third-order valence-electron chi connectivity index (χ3n) is 3.12. The summed E-state index contributed by atoms with van der Waals surface area (Å²) < 4.78 is 6.38. The molecule has 0 aliphatic heterocycles. The van der Waals surface area contributed by atoms with Crippen LogP contribution >= 0.6 is 15.9 Å². The first-order chi connectivity index (χ1) is 9.63. The summed E-state index contributed by atoms with van der Waals surface area (Å²) in [5.74, 6) is 1.15. The summed E-state index contributed by atoms with van der Waals surface area (Å²) in [6.07, 6.45) is 0. The highest BCUT2D eigenvalue weighted by Gasteiger charge is 2.12. The van der Waals surface area contributed by atoms with E-state index in [4.69, 9.17) is 4.52 Å². The first-order valence-corrected chi connectivity index (χ1v) is 7.10. The summed E-state index contributed by atoms with van der Waals surface area (Å²) in [6, 6.07) is 14.0. The second-order valence-electron chi connectivity index (χ2n) is 4.75. The van der Waals surface area contributed by atoms with Gasteiger partial charge in [-0.1, -0.05) is 50.9 Å². The number of rotatable bonds is 2. The highest BCUT2D eigenvalue weighted by atomic mass is 79.9. The van der Waals surface area contributed by atoms with Crippen LogP contribution in [0.5, 0.6) is 0 Å². The van der Waals surface area contributed by atoms with Crippen molar-refractivity contribution in [1.82, 2.24) is 10.1 Å². The van der Waals surface area contributed by atoms with Crippen molar-refractivity contribution in [2.24, 2.45) is 0 Å². The average Bonchev–Trinajstić information content (AvgIpc) is 2.88. The lowest BCUT2D eigenvalue weighted by Crippen LogP contribution is -1.85. The van der Waals surface area contributed by atoms with Gasteiger partial charge in [0.2, 0.25) is 5.82 Å². The largest absolute Gasteiger partial charge is 0.334 e.